The minimum absolute atomic E-state index is 0.0131. The highest BCUT2D eigenvalue weighted by atomic mass is 16.4. The van der Waals surface area contributed by atoms with Crippen LogP contribution in [0.15, 0.2) is 4.79 Å². The fourth-order valence-corrected chi connectivity index (χ4v) is 1.70. The van der Waals surface area contributed by atoms with Gasteiger partial charge in [-0.05, 0) is 0 Å². The Balaban J connectivity index is 2.06. The van der Waals surface area contributed by atoms with E-state index in [1.807, 2.05) is 0 Å². The number of aromatic amines is 2. The second-order valence-corrected chi connectivity index (χ2v) is 4.30. The highest BCUT2D eigenvalue weighted by Crippen LogP contribution is 2.09. The standard InChI is InChI=1S/C10H16N6O4/c11-10-13-7-4(15-16-8(7)9(20)14-10)1-12-2-5(18)6(19)3-17/h5-6,12,17-19H,1-3H2,(H,15,16)(H3,11,13,14,20)/t5-,6-/m0/s1. The second-order valence-electron chi connectivity index (χ2n) is 4.30. The quantitative estimate of drug-likeness (QED) is 0.294. The van der Waals surface area contributed by atoms with Gasteiger partial charge in [-0.3, -0.25) is 14.9 Å². The molecule has 0 radical (unpaired) electrons. The third-order valence-electron chi connectivity index (χ3n) is 2.79. The number of fused-ring (bicyclic) bond motifs is 1. The lowest BCUT2D eigenvalue weighted by molar-refractivity contribution is -0.0130. The largest absolute Gasteiger partial charge is 0.394 e. The van der Waals surface area contributed by atoms with Crippen molar-refractivity contribution in [2.75, 3.05) is 18.9 Å². The first-order chi connectivity index (χ1) is 9.52. The van der Waals surface area contributed by atoms with Gasteiger partial charge in [-0.15, -0.1) is 0 Å². The van der Waals surface area contributed by atoms with Crippen LogP contribution >= 0.6 is 0 Å². The summed E-state index contributed by atoms with van der Waals surface area (Å²) in [6.45, 7) is -0.230. The number of nitrogens with one attached hydrogen (secondary N) is 3. The summed E-state index contributed by atoms with van der Waals surface area (Å²) >= 11 is 0. The molecule has 0 fully saturated rings. The van der Waals surface area contributed by atoms with E-state index in [9.17, 15) is 15.0 Å². The van der Waals surface area contributed by atoms with Crippen LogP contribution in [0, 0.1) is 0 Å². The molecule has 0 bridgehead atoms. The van der Waals surface area contributed by atoms with E-state index in [1.54, 1.807) is 0 Å². The molecule has 8 N–H and O–H groups in total. The normalized spacial score (nSPS) is 14.6. The average Bonchev–Trinajstić information content (AvgIpc) is 2.81. The number of nitrogens with two attached hydrogens (primary N) is 1. The molecule has 0 amide bonds. The van der Waals surface area contributed by atoms with Crippen molar-refractivity contribution in [3.63, 3.8) is 0 Å². The monoisotopic (exact) mass is 284 g/mol. The number of aromatic nitrogens is 4. The summed E-state index contributed by atoms with van der Waals surface area (Å²) in [5, 5.41) is 36.7. The van der Waals surface area contributed by atoms with E-state index >= 15 is 0 Å². The van der Waals surface area contributed by atoms with Gasteiger partial charge in [-0.2, -0.15) is 5.10 Å². The summed E-state index contributed by atoms with van der Waals surface area (Å²) in [7, 11) is 0. The zero-order valence-electron chi connectivity index (χ0n) is 10.5. The number of nitrogens with zero attached hydrogens (tertiary/aromatic N) is 2. The van der Waals surface area contributed by atoms with Gasteiger partial charge in [0.2, 0.25) is 5.95 Å². The van der Waals surface area contributed by atoms with E-state index in [2.05, 4.69) is 25.5 Å². The molecule has 0 saturated carbocycles. The number of hydrogen-bond acceptors (Lipinski definition) is 8. The number of aliphatic hydroxyl groups is 3. The molecule has 0 aliphatic heterocycles. The van der Waals surface area contributed by atoms with E-state index in [-0.39, 0.29) is 24.6 Å². The van der Waals surface area contributed by atoms with Gasteiger partial charge in [-0.25, -0.2) is 4.98 Å². The van der Waals surface area contributed by atoms with Crippen molar-refractivity contribution in [1.82, 2.24) is 25.5 Å². The molecule has 10 heteroatoms. The maximum absolute atomic E-state index is 11.5. The molecule has 10 nitrogen and oxygen atoms in total. The third-order valence-corrected chi connectivity index (χ3v) is 2.79. The highest BCUT2D eigenvalue weighted by molar-refractivity contribution is 5.76. The van der Waals surface area contributed by atoms with Crippen molar-refractivity contribution < 1.29 is 15.3 Å². The van der Waals surface area contributed by atoms with Crippen LogP contribution in [-0.2, 0) is 6.54 Å². The van der Waals surface area contributed by atoms with Gasteiger partial charge in [0.05, 0.1) is 18.4 Å². The summed E-state index contributed by atoms with van der Waals surface area (Å²) in [4.78, 5) is 17.9. The Morgan fingerprint density at radius 2 is 2.05 bits per heavy atom. The van der Waals surface area contributed by atoms with Gasteiger partial charge in [0, 0.05) is 13.1 Å². The molecule has 2 heterocycles. The topological polar surface area (TPSA) is 173 Å². The second kappa shape index (κ2) is 5.96. The maximum atomic E-state index is 11.5. The van der Waals surface area contributed by atoms with Crippen LogP contribution in [0.2, 0.25) is 0 Å². The summed E-state index contributed by atoms with van der Waals surface area (Å²) in [6, 6.07) is 0. The molecule has 2 atom stereocenters. The molecule has 0 aliphatic rings. The number of anilines is 1. The van der Waals surface area contributed by atoms with Crippen LogP contribution in [0.4, 0.5) is 5.95 Å². The van der Waals surface area contributed by atoms with Crippen LogP contribution in [0.1, 0.15) is 5.69 Å². The molecule has 20 heavy (non-hydrogen) atoms. The number of H-pyrrole nitrogens is 2. The number of hydrogen-bond donors (Lipinski definition) is 7. The molecule has 2 rings (SSSR count). The molecule has 2 aromatic heterocycles. The van der Waals surface area contributed by atoms with Crippen LogP contribution in [-0.4, -0.2) is 60.8 Å². The Bertz CT molecular complexity index is 638. The molecule has 0 spiro atoms. The molecule has 110 valence electrons. The maximum Gasteiger partial charge on any atom is 0.280 e. The lowest BCUT2D eigenvalue weighted by Crippen LogP contribution is -2.38. The molecule has 0 aliphatic carbocycles. The third kappa shape index (κ3) is 2.93. The fourth-order valence-electron chi connectivity index (χ4n) is 1.70. The van der Waals surface area contributed by atoms with E-state index in [0.717, 1.165) is 0 Å². The fraction of sp³-hybridized carbons (Fsp3) is 0.500. The van der Waals surface area contributed by atoms with Crippen molar-refractivity contribution in [3.05, 3.63) is 16.0 Å². The number of rotatable bonds is 6. The molecule has 2 aromatic rings. The smallest absolute Gasteiger partial charge is 0.280 e. The van der Waals surface area contributed by atoms with E-state index in [0.29, 0.717) is 11.2 Å². The lowest BCUT2D eigenvalue weighted by atomic mass is 10.2. The van der Waals surface area contributed by atoms with Crippen molar-refractivity contribution in [3.8, 4) is 0 Å². The van der Waals surface area contributed by atoms with Crippen LogP contribution < -0.4 is 16.6 Å². The zero-order valence-corrected chi connectivity index (χ0v) is 10.5. The SMILES string of the molecule is Nc1nc2c(CNC[C@H](O)[C@@H](O)CO)[nH]nc2c(=O)[nH]1. The molecule has 0 saturated heterocycles. The van der Waals surface area contributed by atoms with Gasteiger partial charge >= 0.3 is 0 Å². The van der Waals surface area contributed by atoms with Crippen LogP contribution in [0.25, 0.3) is 11.0 Å². The van der Waals surface area contributed by atoms with E-state index in [4.69, 9.17) is 10.8 Å². The van der Waals surface area contributed by atoms with E-state index < -0.39 is 24.4 Å². The summed E-state index contributed by atoms with van der Waals surface area (Å²) in [6.07, 6.45) is -2.31. The minimum Gasteiger partial charge on any atom is -0.394 e. The Labute approximate surface area is 112 Å². The van der Waals surface area contributed by atoms with E-state index in [1.165, 1.54) is 0 Å². The minimum atomic E-state index is -1.21. The molecular formula is C10H16N6O4. The number of nitrogen functional groups attached to an aromatic ring is 1. The number of aliphatic hydroxyl groups excluding tert-OH is 3. The Morgan fingerprint density at radius 3 is 2.75 bits per heavy atom. The summed E-state index contributed by atoms with van der Waals surface area (Å²) < 4.78 is 0. The van der Waals surface area contributed by atoms with Crippen LogP contribution in [0.5, 0.6) is 0 Å². The zero-order chi connectivity index (χ0) is 14.7. The van der Waals surface area contributed by atoms with Crippen molar-refractivity contribution >= 4 is 17.0 Å². The summed E-state index contributed by atoms with van der Waals surface area (Å²) in [5.74, 6) is -0.0131. The molecule has 0 unspecified atom stereocenters. The predicted molar refractivity (Wildman–Crippen MR) is 69.7 cm³/mol. The Morgan fingerprint density at radius 1 is 1.30 bits per heavy atom. The first-order valence-electron chi connectivity index (χ1n) is 5.93. The van der Waals surface area contributed by atoms with Gasteiger partial charge < -0.3 is 26.4 Å². The Kier molecular flexibility index (Phi) is 4.29. The van der Waals surface area contributed by atoms with Crippen molar-refractivity contribution in [1.29, 1.82) is 0 Å². The van der Waals surface area contributed by atoms with Gasteiger partial charge in [-0.1, -0.05) is 0 Å². The first kappa shape index (κ1) is 14.4. The highest BCUT2D eigenvalue weighted by Gasteiger charge is 2.15. The van der Waals surface area contributed by atoms with Crippen LogP contribution in [0.3, 0.4) is 0 Å². The van der Waals surface area contributed by atoms with Crippen molar-refractivity contribution in [2.45, 2.75) is 18.8 Å². The molecular weight excluding hydrogens is 268 g/mol. The lowest BCUT2D eigenvalue weighted by Gasteiger charge is -2.15. The average molecular weight is 284 g/mol. The van der Waals surface area contributed by atoms with Gasteiger partial charge in [0.25, 0.3) is 5.56 Å². The predicted octanol–water partition coefficient (Wildman–Crippen LogP) is -2.97. The van der Waals surface area contributed by atoms with Gasteiger partial charge in [0.1, 0.15) is 11.6 Å². The van der Waals surface area contributed by atoms with Gasteiger partial charge in [0.15, 0.2) is 5.52 Å². The molecule has 0 aromatic carbocycles. The Hall–Kier alpha value is -2.01. The van der Waals surface area contributed by atoms with Crippen molar-refractivity contribution in [2.24, 2.45) is 0 Å². The first-order valence-corrected chi connectivity index (χ1v) is 5.93. The summed E-state index contributed by atoms with van der Waals surface area (Å²) in [5.41, 5.74) is 6.04.